The molecule has 24 heavy (non-hydrogen) atoms. The van der Waals surface area contributed by atoms with Gasteiger partial charge in [0.25, 0.3) is 0 Å². The lowest BCUT2D eigenvalue weighted by Crippen LogP contribution is -1.99. The Morgan fingerprint density at radius 1 is 1.00 bits per heavy atom. The molecule has 0 saturated carbocycles. The molecule has 118 valence electrons. The van der Waals surface area contributed by atoms with Crippen molar-refractivity contribution < 1.29 is 0 Å². The maximum absolute atomic E-state index is 5.02. The molecule has 2 aromatic carbocycles. The highest BCUT2D eigenvalue weighted by Crippen LogP contribution is 2.36. The second-order valence-corrected chi connectivity index (χ2v) is 6.99. The van der Waals surface area contributed by atoms with Crippen LogP contribution in [-0.2, 0) is 6.42 Å². The summed E-state index contributed by atoms with van der Waals surface area (Å²) in [5.74, 6) is 0.490. The van der Waals surface area contributed by atoms with E-state index >= 15 is 0 Å². The Kier molecular flexibility index (Phi) is 2.84. The summed E-state index contributed by atoms with van der Waals surface area (Å²) in [6.07, 6.45) is 6.63. The summed E-state index contributed by atoms with van der Waals surface area (Å²) in [4.78, 5) is 5.02. The standard InChI is InChI=1S/C22H20N2/c1-14(2)15-10-7-13-20-21(15)16-8-3-4-9-17(16)22-23-18-11-5-6-12-19(18)24(20)22/h3-4,6-10,12-14H,5,11H2,1-2H3. The lowest BCUT2D eigenvalue weighted by atomic mass is 9.94. The molecule has 0 spiro atoms. The smallest absolute Gasteiger partial charge is 0.145 e. The quantitative estimate of drug-likeness (QED) is 0.411. The molecule has 2 heterocycles. The van der Waals surface area contributed by atoms with Crippen LogP contribution in [0.4, 0.5) is 0 Å². The molecule has 5 rings (SSSR count). The van der Waals surface area contributed by atoms with E-state index in [2.05, 4.69) is 72.9 Å². The first-order valence-electron chi connectivity index (χ1n) is 8.77. The van der Waals surface area contributed by atoms with E-state index in [1.807, 2.05) is 0 Å². The van der Waals surface area contributed by atoms with Crippen LogP contribution in [-0.4, -0.2) is 9.38 Å². The molecule has 1 aliphatic carbocycles. The summed E-state index contributed by atoms with van der Waals surface area (Å²) in [5.41, 5.74) is 6.26. The molecule has 2 aromatic heterocycles. The molecular weight excluding hydrogens is 292 g/mol. The van der Waals surface area contributed by atoms with Crippen LogP contribution < -0.4 is 0 Å². The summed E-state index contributed by atoms with van der Waals surface area (Å²) >= 11 is 0. The van der Waals surface area contributed by atoms with Gasteiger partial charge >= 0.3 is 0 Å². The van der Waals surface area contributed by atoms with Crippen molar-refractivity contribution in [3.05, 3.63) is 65.5 Å². The molecule has 0 amide bonds. The zero-order valence-electron chi connectivity index (χ0n) is 14.1. The van der Waals surface area contributed by atoms with Crippen molar-refractivity contribution in [2.75, 3.05) is 0 Å². The van der Waals surface area contributed by atoms with E-state index in [0.29, 0.717) is 5.92 Å². The van der Waals surface area contributed by atoms with Crippen LogP contribution in [0.25, 0.3) is 33.4 Å². The fourth-order valence-corrected chi connectivity index (χ4v) is 4.09. The topological polar surface area (TPSA) is 17.3 Å². The van der Waals surface area contributed by atoms with E-state index in [0.717, 1.165) is 18.5 Å². The molecule has 0 fully saturated rings. The third-order valence-electron chi connectivity index (χ3n) is 5.19. The van der Waals surface area contributed by atoms with Crippen molar-refractivity contribution in [1.82, 2.24) is 9.38 Å². The summed E-state index contributed by atoms with van der Waals surface area (Å²) in [7, 11) is 0. The summed E-state index contributed by atoms with van der Waals surface area (Å²) < 4.78 is 2.37. The first-order valence-corrected chi connectivity index (χ1v) is 8.77. The Bertz CT molecular complexity index is 1130. The monoisotopic (exact) mass is 312 g/mol. The fourth-order valence-electron chi connectivity index (χ4n) is 4.09. The number of aryl methyl sites for hydroxylation is 1. The first-order chi connectivity index (χ1) is 11.8. The minimum Gasteiger partial charge on any atom is -0.292 e. The fraction of sp³-hybridized carbons (Fsp3) is 0.227. The average Bonchev–Trinajstić information content (AvgIpc) is 3.01. The Labute approximate surface area is 141 Å². The van der Waals surface area contributed by atoms with Crippen LogP contribution in [0, 0.1) is 0 Å². The minimum atomic E-state index is 0.490. The SMILES string of the molecule is CC(C)c1cccc2c1c1ccccc1c1nc3c(n21)C=CCC3. The van der Waals surface area contributed by atoms with Gasteiger partial charge < -0.3 is 0 Å². The van der Waals surface area contributed by atoms with E-state index in [-0.39, 0.29) is 0 Å². The first kappa shape index (κ1) is 13.8. The van der Waals surface area contributed by atoms with Gasteiger partial charge in [-0.05, 0) is 41.9 Å². The van der Waals surface area contributed by atoms with Crippen molar-refractivity contribution in [2.24, 2.45) is 0 Å². The highest BCUT2D eigenvalue weighted by molar-refractivity contribution is 6.13. The van der Waals surface area contributed by atoms with E-state index in [1.54, 1.807) is 0 Å². The Balaban J connectivity index is 2.13. The maximum Gasteiger partial charge on any atom is 0.145 e. The Hall–Kier alpha value is -2.61. The molecule has 0 N–H and O–H groups in total. The van der Waals surface area contributed by atoms with Gasteiger partial charge in [-0.15, -0.1) is 0 Å². The normalized spacial score (nSPS) is 14.1. The van der Waals surface area contributed by atoms with Gasteiger partial charge in [0.2, 0.25) is 0 Å². The number of hydrogen-bond acceptors (Lipinski definition) is 1. The number of nitrogens with zero attached hydrogens (tertiary/aromatic N) is 2. The predicted molar refractivity (Wildman–Crippen MR) is 102 cm³/mol. The van der Waals surface area contributed by atoms with Crippen molar-refractivity contribution in [1.29, 1.82) is 0 Å². The molecule has 0 saturated heterocycles. The molecule has 2 heteroatoms. The third-order valence-corrected chi connectivity index (χ3v) is 5.19. The lowest BCUT2D eigenvalue weighted by molar-refractivity contribution is 0.876. The number of imidazole rings is 1. The van der Waals surface area contributed by atoms with E-state index in [9.17, 15) is 0 Å². The molecule has 0 radical (unpaired) electrons. The zero-order chi connectivity index (χ0) is 16.3. The van der Waals surface area contributed by atoms with Crippen molar-refractivity contribution in [3.8, 4) is 0 Å². The molecule has 0 atom stereocenters. The number of rotatable bonds is 1. The second-order valence-electron chi connectivity index (χ2n) is 6.99. The van der Waals surface area contributed by atoms with Crippen molar-refractivity contribution in [2.45, 2.75) is 32.6 Å². The molecule has 0 unspecified atom stereocenters. The highest BCUT2D eigenvalue weighted by atomic mass is 15.0. The van der Waals surface area contributed by atoms with Crippen LogP contribution >= 0.6 is 0 Å². The Morgan fingerprint density at radius 3 is 2.67 bits per heavy atom. The van der Waals surface area contributed by atoms with Gasteiger partial charge in [0.1, 0.15) is 5.65 Å². The number of allylic oxidation sites excluding steroid dienone is 1. The molecule has 0 aliphatic heterocycles. The van der Waals surface area contributed by atoms with Gasteiger partial charge in [0.05, 0.1) is 16.9 Å². The molecule has 4 aromatic rings. The van der Waals surface area contributed by atoms with Crippen molar-refractivity contribution >= 4 is 33.4 Å². The summed E-state index contributed by atoms with van der Waals surface area (Å²) in [6, 6.07) is 15.4. The third kappa shape index (κ3) is 1.74. The van der Waals surface area contributed by atoms with Crippen LogP contribution in [0.15, 0.2) is 48.5 Å². The highest BCUT2D eigenvalue weighted by Gasteiger charge is 2.19. The molecular formula is C22H20N2. The van der Waals surface area contributed by atoms with Gasteiger partial charge in [-0.2, -0.15) is 0 Å². The number of fused-ring (bicyclic) bond motifs is 8. The number of hydrogen-bond donors (Lipinski definition) is 0. The molecule has 1 aliphatic rings. The van der Waals surface area contributed by atoms with Gasteiger partial charge in [-0.3, -0.25) is 4.40 Å². The Morgan fingerprint density at radius 2 is 1.83 bits per heavy atom. The van der Waals surface area contributed by atoms with Gasteiger partial charge in [0, 0.05) is 10.8 Å². The van der Waals surface area contributed by atoms with Crippen LogP contribution in [0.5, 0.6) is 0 Å². The van der Waals surface area contributed by atoms with Crippen LogP contribution in [0.2, 0.25) is 0 Å². The number of benzene rings is 2. The van der Waals surface area contributed by atoms with Crippen LogP contribution in [0.3, 0.4) is 0 Å². The zero-order valence-corrected chi connectivity index (χ0v) is 14.1. The second kappa shape index (κ2) is 4.94. The average molecular weight is 312 g/mol. The maximum atomic E-state index is 5.02. The minimum absolute atomic E-state index is 0.490. The van der Waals surface area contributed by atoms with E-state index in [1.165, 1.54) is 38.6 Å². The summed E-state index contributed by atoms with van der Waals surface area (Å²) in [6.45, 7) is 4.55. The lowest BCUT2D eigenvalue weighted by Gasteiger charge is -2.15. The number of aromatic nitrogens is 2. The van der Waals surface area contributed by atoms with Gasteiger partial charge in [-0.25, -0.2) is 4.98 Å². The van der Waals surface area contributed by atoms with E-state index in [4.69, 9.17) is 4.98 Å². The van der Waals surface area contributed by atoms with Gasteiger partial charge in [-0.1, -0.05) is 56.3 Å². The largest absolute Gasteiger partial charge is 0.292 e. The number of pyridine rings is 1. The summed E-state index contributed by atoms with van der Waals surface area (Å²) in [5, 5.41) is 3.94. The van der Waals surface area contributed by atoms with Crippen molar-refractivity contribution in [3.63, 3.8) is 0 Å². The predicted octanol–water partition coefficient (Wildman–Crippen LogP) is 5.72. The van der Waals surface area contributed by atoms with Crippen LogP contribution in [0.1, 0.15) is 43.1 Å². The van der Waals surface area contributed by atoms with E-state index < -0.39 is 0 Å². The molecule has 2 nitrogen and oxygen atoms in total. The molecule has 0 bridgehead atoms. The van der Waals surface area contributed by atoms with Gasteiger partial charge in [0.15, 0.2) is 0 Å².